The highest BCUT2D eigenvalue weighted by atomic mass is 32.2. The average Bonchev–Trinajstić information content (AvgIpc) is 3.41. The van der Waals surface area contributed by atoms with Crippen LogP contribution in [0.15, 0.2) is 78.2 Å². The summed E-state index contributed by atoms with van der Waals surface area (Å²) >= 11 is 0. The fraction of sp³-hybridized carbons (Fsp3) is 0.476. The van der Waals surface area contributed by atoms with Gasteiger partial charge in [-0.1, -0.05) is 80.9 Å². The van der Waals surface area contributed by atoms with E-state index < -0.39 is 62.8 Å². The van der Waals surface area contributed by atoms with Crippen LogP contribution in [-0.2, 0) is 42.2 Å². The summed E-state index contributed by atoms with van der Waals surface area (Å²) in [6.07, 6.45) is 4.57. The molecule has 2 aliphatic carbocycles. The predicted octanol–water partition coefficient (Wildman–Crippen LogP) is 5.08. The summed E-state index contributed by atoms with van der Waals surface area (Å²) in [6, 6.07) is 16.3. The lowest BCUT2D eigenvalue weighted by Crippen LogP contribution is -2.60. The van der Waals surface area contributed by atoms with Crippen LogP contribution in [0.3, 0.4) is 0 Å². The predicted molar refractivity (Wildman–Crippen MR) is 208 cm³/mol. The molecule has 2 saturated carbocycles. The number of alkyl carbamates (subject to hydrolysis) is 1. The van der Waals surface area contributed by atoms with E-state index >= 15 is 0 Å². The van der Waals surface area contributed by atoms with E-state index in [-0.39, 0.29) is 36.4 Å². The molecule has 1 saturated heterocycles. The number of ether oxygens (including phenoxy) is 1. The van der Waals surface area contributed by atoms with Gasteiger partial charge in [0.15, 0.2) is 0 Å². The molecule has 4 aliphatic rings. The highest BCUT2D eigenvalue weighted by Crippen LogP contribution is 2.45. The normalized spacial score (nSPS) is 24.6. The van der Waals surface area contributed by atoms with Crippen molar-refractivity contribution in [2.24, 2.45) is 11.3 Å². The summed E-state index contributed by atoms with van der Waals surface area (Å²) in [5, 5.41) is 8.11. The molecule has 12 nitrogen and oxygen atoms in total. The Morgan fingerprint density at radius 1 is 0.964 bits per heavy atom. The molecule has 0 radical (unpaired) electrons. The van der Waals surface area contributed by atoms with Gasteiger partial charge < -0.3 is 20.3 Å². The minimum absolute atomic E-state index is 0.0786. The SMILES string of the molecule is C=C[C@@H]1C[C@]1(NC(=O)[C@@H]1C[C@@H](N2Cc3cccc4cccc(c34)C2)CN1C(=O)[C@@H](NC(=O)OC1CCCC1)C(C)(C)C)C(=O)NS(=O)(=O)c1ccc(C)cc1. The first-order chi connectivity index (χ1) is 26.1. The Morgan fingerprint density at radius 2 is 1.60 bits per heavy atom. The van der Waals surface area contributed by atoms with Gasteiger partial charge in [0.2, 0.25) is 11.8 Å². The number of amides is 4. The molecule has 3 N–H and O–H groups in total. The third-order valence-corrected chi connectivity index (χ3v) is 13.1. The first-order valence-corrected chi connectivity index (χ1v) is 20.7. The van der Waals surface area contributed by atoms with Crippen molar-refractivity contribution in [1.29, 1.82) is 0 Å². The van der Waals surface area contributed by atoms with E-state index in [2.05, 4.69) is 51.1 Å². The minimum atomic E-state index is -4.25. The second-order valence-electron chi connectivity index (χ2n) is 16.7. The smallest absolute Gasteiger partial charge is 0.408 e. The molecule has 2 heterocycles. The van der Waals surface area contributed by atoms with Crippen LogP contribution in [0.1, 0.15) is 76.0 Å². The van der Waals surface area contributed by atoms with E-state index in [1.807, 2.05) is 39.8 Å². The van der Waals surface area contributed by atoms with Gasteiger partial charge in [-0.15, -0.1) is 6.58 Å². The fourth-order valence-corrected chi connectivity index (χ4v) is 9.58. The molecule has 3 fully saturated rings. The van der Waals surface area contributed by atoms with Crippen LogP contribution in [0, 0.1) is 18.3 Å². The van der Waals surface area contributed by atoms with Gasteiger partial charge in [-0.25, -0.2) is 17.9 Å². The van der Waals surface area contributed by atoms with Crippen LogP contribution in [0.25, 0.3) is 10.8 Å². The zero-order chi connectivity index (χ0) is 39.3. The van der Waals surface area contributed by atoms with Gasteiger partial charge in [0.1, 0.15) is 23.7 Å². The van der Waals surface area contributed by atoms with Crippen LogP contribution >= 0.6 is 0 Å². The van der Waals surface area contributed by atoms with E-state index in [0.29, 0.717) is 13.1 Å². The van der Waals surface area contributed by atoms with Gasteiger partial charge in [0, 0.05) is 31.6 Å². The summed E-state index contributed by atoms with van der Waals surface area (Å²) in [4.78, 5) is 60.1. The first kappa shape index (κ1) is 38.5. The number of carbonyl (C=O) groups is 4. The lowest BCUT2D eigenvalue weighted by molar-refractivity contribution is -0.142. The van der Waals surface area contributed by atoms with Gasteiger partial charge in [-0.2, -0.15) is 0 Å². The molecular weight excluding hydrogens is 719 g/mol. The van der Waals surface area contributed by atoms with E-state index in [1.54, 1.807) is 12.1 Å². The van der Waals surface area contributed by atoms with E-state index in [4.69, 9.17) is 4.74 Å². The zero-order valence-corrected chi connectivity index (χ0v) is 32.8. The Morgan fingerprint density at radius 3 is 2.18 bits per heavy atom. The van der Waals surface area contributed by atoms with Crippen molar-refractivity contribution in [3.8, 4) is 0 Å². The molecule has 13 heteroatoms. The molecule has 292 valence electrons. The second kappa shape index (κ2) is 14.7. The van der Waals surface area contributed by atoms with Crippen molar-refractivity contribution in [2.45, 2.75) is 114 Å². The number of benzene rings is 3. The molecule has 55 heavy (non-hydrogen) atoms. The molecule has 7 rings (SSSR count). The number of hydrogen-bond donors (Lipinski definition) is 3. The first-order valence-electron chi connectivity index (χ1n) is 19.2. The van der Waals surface area contributed by atoms with Gasteiger partial charge in [-0.3, -0.25) is 19.3 Å². The zero-order valence-electron chi connectivity index (χ0n) is 32.0. The Hall–Kier alpha value is -4.75. The summed E-state index contributed by atoms with van der Waals surface area (Å²) in [5.74, 6) is -2.42. The van der Waals surface area contributed by atoms with Crippen LogP contribution in [0.5, 0.6) is 0 Å². The third-order valence-electron chi connectivity index (χ3n) is 11.8. The lowest BCUT2D eigenvalue weighted by Gasteiger charge is -2.36. The van der Waals surface area contributed by atoms with Gasteiger partial charge in [0.25, 0.3) is 15.9 Å². The lowest BCUT2D eigenvalue weighted by atomic mass is 9.85. The highest BCUT2D eigenvalue weighted by Gasteiger charge is 2.61. The highest BCUT2D eigenvalue weighted by molar-refractivity contribution is 7.90. The molecule has 4 amide bonds. The van der Waals surface area contributed by atoms with Crippen molar-refractivity contribution in [1.82, 2.24) is 25.2 Å². The largest absolute Gasteiger partial charge is 0.446 e. The Labute approximate surface area is 323 Å². The number of sulfonamides is 1. The Kier molecular flexibility index (Phi) is 10.3. The maximum Gasteiger partial charge on any atom is 0.408 e. The number of carbonyl (C=O) groups excluding carboxylic acids is 4. The topological polar surface area (TPSA) is 154 Å². The minimum Gasteiger partial charge on any atom is -0.446 e. The number of nitrogens with one attached hydrogen (secondary N) is 3. The number of nitrogens with zero attached hydrogens (tertiary/aromatic N) is 2. The fourth-order valence-electron chi connectivity index (χ4n) is 8.54. The quantitative estimate of drug-likeness (QED) is 0.242. The summed E-state index contributed by atoms with van der Waals surface area (Å²) < 4.78 is 34.4. The molecule has 0 unspecified atom stereocenters. The van der Waals surface area contributed by atoms with Gasteiger partial charge in [-0.05, 0) is 84.9 Å². The third kappa shape index (κ3) is 7.73. The standard InChI is InChI=1S/C42H51N5O7S/c1-6-30-22-42(30,39(50)45-55(52,53)33-19-17-26(2)18-20-33)44-37(48)34-21-31(46-23-28-13-9-11-27-12-10-14-29(24-46)35(27)28)25-47(34)38(49)36(41(3,4)5)43-40(51)54-32-15-7-8-16-32/h6,9-14,17-20,30-32,34,36H,1,7-8,15-16,21-25H2,2-5H3,(H,43,51)(H,44,48)(H,45,50)/t30-,31-,34+,36-,42-/m1/s1. The van der Waals surface area contributed by atoms with E-state index in [9.17, 15) is 27.6 Å². The monoisotopic (exact) mass is 769 g/mol. The van der Waals surface area contributed by atoms with Crippen LogP contribution < -0.4 is 15.4 Å². The number of hydrogen-bond acceptors (Lipinski definition) is 8. The van der Waals surface area contributed by atoms with Crippen molar-refractivity contribution in [3.05, 3.63) is 90.0 Å². The van der Waals surface area contributed by atoms with Crippen LogP contribution in [-0.4, -0.2) is 78.3 Å². The van der Waals surface area contributed by atoms with Crippen molar-refractivity contribution < 1.29 is 32.3 Å². The van der Waals surface area contributed by atoms with E-state index in [1.165, 1.54) is 28.5 Å². The molecule has 3 aromatic carbocycles. The molecule has 0 spiro atoms. The van der Waals surface area contributed by atoms with Crippen molar-refractivity contribution in [2.75, 3.05) is 6.54 Å². The molecule has 2 aliphatic heterocycles. The average molecular weight is 770 g/mol. The maximum atomic E-state index is 14.7. The Balaban J connectivity index is 1.16. The van der Waals surface area contributed by atoms with Gasteiger partial charge >= 0.3 is 6.09 Å². The molecular formula is C42H51N5O7S. The van der Waals surface area contributed by atoms with Gasteiger partial charge in [0.05, 0.1) is 4.90 Å². The summed E-state index contributed by atoms with van der Waals surface area (Å²) in [6.45, 7) is 12.6. The number of aryl methyl sites for hydroxylation is 1. The number of rotatable bonds is 10. The number of likely N-dealkylation sites (tertiary alicyclic amines) is 1. The van der Waals surface area contributed by atoms with Crippen molar-refractivity contribution >= 4 is 44.6 Å². The van der Waals surface area contributed by atoms with E-state index in [0.717, 1.165) is 47.8 Å². The summed E-state index contributed by atoms with van der Waals surface area (Å²) in [7, 11) is -4.25. The molecule has 0 aromatic heterocycles. The second-order valence-corrected chi connectivity index (χ2v) is 18.4. The van der Waals surface area contributed by atoms with Crippen LogP contribution in [0.4, 0.5) is 4.79 Å². The van der Waals surface area contributed by atoms with Crippen molar-refractivity contribution in [3.63, 3.8) is 0 Å². The molecule has 5 atom stereocenters. The Bertz CT molecular complexity index is 2080. The van der Waals surface area contributed by atoms with Crippen LogP contribution in [0.2, 0.25) is 0 Å². The summed E-state index contributed by atoms with van der Waals surface area (Å²) in [5.41, 5.74) is 0.853. The molecule has 3 aromatic rings. The maximum absolute atomic E-state index is 14.7. The molecule has 0 bridgehead atoms.